The number of aryl methyl sites for hydroxylation is 3. The van der Waals surface area contributed by atoms with Gasteiger partial charge in [-0.15, -0.1) is 11.3 Å². The van der Waals surface area contributed by atoms with Crippen molar-refractivity contribution < 1.29 is 0 Å². The lowest BCUT2D eigenvalue weighted by Crippen LogP contribution is -2.23. The fourth-order valence-corrected chi connectivity index (χ4v) is 3.03. The second-order valence-electron chi connectivity index (χ2n) is 5.38. The zero-order chi connectivity index (χ0) is 15.4. The first-order valence-electron chi connectivity index (χ1n) is 7.31. The molecule has 2 aromatic rings. The van der Waals surface area contributed by atoms with E-state index in [9.17, 15) is 0 Å². The molecule has 0 saturated heterocycles. The summed E-state index contributed by atoms with van der Waals surface area (Å²) in [4.78, 5) is 11.5. The highest BCUT2D eigenvalue weighted by molar-refractivity contribution is 7.09. The number of nitrogens with one attached hydrogen (secondary N) is 1. The van der Waals surface area contributed by atoms with Crippen LogP contribution in [0.5, 0.6) is 0 Å². The molecule has 0 radical (unpaired) electrons. The Kier molecular flexibility index (Phi) is 5.31. The molecule has 2 rings (SSSR count). The van der Waals surface area contributed by atoms with Crippen LogP contribution < -0.4 is 10.2 Å². The van der Waals surface area contributed by atoms with E-state index in [2.05, 4.69) is 47.5 Å². The predicted octanol–water partition coefficient (Wildman–Crippen LogP) is 3.21. The Labute approximate surface area is 131 Å². The average molecular weight is 304 g/mol. The molecule has 2 heterocycles. The van der Waals surface area contributed by atoms with Gasteiger partial charge in [-0.25, -0.2) is 9.97 Å². The molecule has 0 saturated carbocycles. The molecule has 0 aromatic carbocycles. The van der Waals surface area contributed by atoms with Crippen LogP contribution in [0.3, 0.4) is 0 Å². The van der Waals surface area contributed by atoms with Crippen molar-refractivity contribution in [1.82, 2.24) is 15.3 Å². The van der Waals surface area contributed by atoms with E-state index in [-0.39, 0.29) is 0 Å². The summed E-state index contributed by atoms with van der Waals surface area (Å²) in [6, 6.07) is 2.15. The molecule has 0 fully saturated rings. The molecule has 1 N–H and O–H groups in total. The van der Waals surface area contributed by atoms with Crippen LogP contribution in [0.4, 0.5) is 5.82 Å². The highest BCUT2D eigenvalue weighted by atomic mass is 32.1. The summed E-state index contributed by atoms with van der Waals surface area (Å²) in [6.07, 6.45) is 0. The van der Waals surface area contributed by atoms with Gasteiger partial charge >= 0.3 is 0 Å². The van der Waals surface area contributed by atoms with Crippen LogP contribution >= 0.6 is 11.3 Å². The Morgan fingerprint density at radius 1 is 1.24 bits per heavy atom. The predicted molar refractivity (Wildman–Crippen MR) is 90.0 cm³/mol. The lowest BCUT2D eigenvalue weighted by Gasteiger charge is -2.22. The number of thiazole rings is 1. The molecule has 114 valence electrons. The smallest absolute Gasteiger partial charge is 0.133 e. The maximum Gasteiger partial charge on any atom is 0.133 e. The van der Waals surface area contributed by atoms with Gasteiger partial charge < -0.3 is 10.2 Å². The van der Waals surface area contributed by atoms with E-state index >= 15 is 0 Å². The van der Waals surface area contributed by atoms with E-state index in [0.29, 0.717) is 0 Å². The maximum atomic E-state index is 4.75. The summed E-state index contributed by atoms with van der Waals surface area (Å²) in [7, 11) is 2.09. The Morgan fingerprint density at radius 3 is 2.62 bits per heavy atom. The van der Waals surface area contributed by atoms with Crippen molar-refractivity contribution in [2.45, 2.75) is 40.8 Å². The number of anilines is 1. The lowest BCUT2D eigenvalue weighted by molar-refractivity contribution is 0.714. The average Bonchev–Trinajstić information content (AvgIpc) is 2.82. The number of rotatable bonds is 6. The Hall–Kier alpha value is -1.46. The first-order chi connectivity index (χ1) is 10.0. The van der Waals surface area contributed by atoms with E-state index in [0.717, 1.165) is 41.8 Å². The summed E-state index contributed by atoms with van der Waals surface area (Å²) in [6.45, 7) is 11.0. The Balaban J connectivity index is 2.27. The quantitative estimate of drug-likeness (QED) is 0.890. The SMILES string of the molecule is CCNCc1c(C)cc(C)nc1N(C)Cc1csc(C)n1. The summed E-state index contributed by atoms with van der Waals surface area (Å²) >= 11 is 1.70. The molecule has 0 unspecified atom stereocenters. The minimum absolute atomic E-state index is 0.791. The van der Waals surface area contributed by atoms with E-state index < -0.39 is 0 Å². The molecule has 0 atom stereocenters. The van der Waals surface area contributed by atoms with E-state index in [4.69, 9.17) is 4.98 Å². The highest BCUT2D eigenvalue weighted by Gasteiger charge is 2.14. The topological polar surface area (TPSA) is 41.1 Å². The molecule has 5 heteroatoms. The van der Waals surface area contributed by atoms with Crippen molar-refractivity contribution in [3.63, 3.8) is 0 Å². The van der Waals surface area contributed by atoms with Gasteiger partial charge in [0.05, 0.1) is 17.2 Å². The zero-order valence-electron chi connectivity index (χ0n) is 13.5. The van der Waals surface area contributed by atoms with Crippen LogP contribution in [0.15, 0.2) is 11.4 Å². The third kappa shape index (κ3) is 4.02. The van der Waals surface area contributed by atoms with Crippen molar-refractivity contribution in [3.8, 4) is 0 Å². The van der Waals surface area contributed by atoms with Crippen LogP contribution in [-0.4, -0.2) is 23.6 Å². The van der Waals surface area contributed by atoms with Crippen molar-refractivity contribution in [3.05, 3.63) is 39.0 Å². The van der Waals surface area contributed by atoms with Gasteiger partial charge in [0.15, 0.2) is 0 Å². The number of pyridine rings is 1. The normalized spacial score (nSPS) is 10.9. The molecule has 0 aliphatic carbocycles. The molecule has 0 spiro atoms. The van der Waals surface area contributed by atoms with Gasteiger partial charge in [0, 0.05) is 30.2 Å². The molecule has 0 amide bonds. The third-order valence-corrected chi connectivity index (χ3v) is 4.25. The van der Waals surface area contributed by atoms with E-state index in [1.165, 1.54) is 11.1 Å². The van der Waals surface area contributed by atoms with Crippen LogP contribution in [0, 0.1) is 20.8 Å². The minimum Gasteiger partial charge on any atom is -0.353 e. The molecule has 0 bridgehead atoms. The van der Waals surface area contributed by atoms with Crippen molar-refractivity contribution in [2.24, 2.45) is 0 Å². The van der Waals surface area contributed by atoms with Crippen LogP contribution in [0.1, 0.15) is 34.4 Å². The maximum absolute atomic E-state index is 4.75. The first-order valence-corrected chi connectivity index (χ1v) is 8.19. The summed E-state index contributed by atoms with van der Waals surface area (Å²) in [5.74, 6) is 1.05. The molecule has 2 aromatic heterocycles. The second-order valence-corrected chi connectivity index (χ2v) is 6.44. The standard InChI is InChI=1S/C16H24N4S/c1-6-17-8-15-11(2)7-12(3)18-16(15)20(5)9-14-10-21-13(4)19-14/h7,10,17H,6,8-9H2,1-5H3. The van der Waals surface area contributed by atoms with Crippen LogP contribution in [0.25, 0.3) is 0 Å². The molecule has 4 nitrogen and oxygen atoms in total. The zero-order valence-corrected chi connectivity index (χ0v) is 14.3. The molecule has 0 aliphatic heterocycles. The highest BCUT2D eigenvalue weighted by Crippen LogP contribution is 2.23. The van der Waals surface area contributed by atoms with Crippen molar-refractivity contribution in [1.29, 1.82) is 0 Å². The number of hydrogen-bond donors (Lipinski definition) is 1. The van der Waals surface area contributed by atoms with Crippen molar-refractivity contribution in [2.75, 3.05) is 18.5 Å². The van der Waals surface area contributed by atoms with Crippen LogP contribution in [-0.2, 0) is 13.1 Å². The summed E-state index contributed by atoms with van der Waals surface area (Å²) in [5.41, 5.74) is 4.73. The monoisotopic (exact) mass is 304 g/mol. The summed E-state index contributed by atoms with van der Waals surface area (Å²) < 4.78 is 0. The molecule has 21 heavy (non-hydrogen) atoms. The lowest BCUT2D eigenvalue weighted by atomic mass is 10.1. The van der Waals surface area contributed by atoms with Gasteiger partial charge in [0.1, 0.15) is 5.82 Å². The van der Waals surface area contributed by atoms with Gasteiger partial charge in [-0.05, 0) is 38.9 Å². The molecular weight excluding hydrogens is 280 g/mol. The second kappa shape index (κ2) is 7.00. The Morgan fingerprint density at radius 2 is 2.00 bits per heavy atom. The van der Waals surface area contributed by atoms with Gasteiger partial charge in [0.25, 0.3) is 0 Å². The van der Waals surface area contributed by atoms with Gasteiger partial charge in [-0.3, -0.25) is 0 Å². The van der Waals surface area contributed by atoms with E-state index in [1.54, 1.807) is 11.3 Å². The van der Waals surface area contributed by atoms with Crippen LogP contribution in [0.2, 0.25) is 0 Å². The van der Waals surface area contributed by atoms with Gasteiger partial charge in [0.2, 0.25) is 0 Å². The van der Waals surface area contributed by atoms with E-state index in [1.807, 2.05) is 13.8 Å². The number of aromatic nitrogens is 2. The van der Waals surface area contributed by atoms with Crippen molar-refractivity contribution >= 4 is 17.2 Å². The number of nitrogens with zero attached hydrogens (tertiary/aromatic N) is 3. The van der Waals surface area contributed by atoms with Gasteiger partial charge in [-0.2, -0.15) is 0 Å². The largest absolute Gasteiger partial charge is 0.353 e. The fourth-order valence-electron chi connectivity index (χ4n) is 2.43. The first kappa shape index (κ1) is 15.9. The minimum atomic E-state index is 0.791. The summed E-state index contributed by atoms with van der Waals surface area (Å²) in [5, 5.41) is 6.64. The van der Waals surface area contributed by atoms with Gasteiger partial charge in [-0.1, -0.05) is 6.92 Å². The molecule has 0 aliphatic rings. The molecular formula is C16H24N4S. The number of hydrogen-bond acceptors (Lipinski definition) is 5. The fraction of sp³-hybridized carbons (Fsp3) is 0.500. The Bertz CT molecular complexity index is 606. The third-order valence-electron chi connectivity index (χ3n) is 3.43.